The van der Waals surface area contributed by atoms with Gasteiger partial charge in [-0.1, -0.05) is 51.0 Å². The molecule has 0 amide bonds. The molecule has 0 N–H and O–H groups in total. The molecule has 12 heteroatoms. The number of aryl methyl sites for hydroxylation is 1. The molecule has 4 aromatic rings. The van der Waals surface area contributed by atoms with E-state index in [1.165, 1.54) is 31.2 Å². The lowest BCUT2D eigenvalue weighted by Gasteiger charge is -2.26. The van der Waals surface area contributed by atoms with Crippen molar-refractivity contribution in [3.8, 4) is 5.69 Å². The summed E-state index contributed by atoms with van der Waals surface area (Å²) in [5, 5.41) is 0.347. The van der Waals surface area contributed by atoms with E-state index in [0.29, 0.717) is 5.02 Å². The van der Waals surface area contributed by atoms with Gasteiger partial charge in [-0.15, -0.1) is 0 Å². The Balaban J connectivity index is 1.75. The van der Waals surface area contributed by atoms with Crippen LogP contribution in [0, 0.1) is 13.8 Å². The molecule has 0 aliphatic carbocycles. The predicted octanol–water partition coefficient (Wildman–Crippen LogP) is 6.16. The number of hydrogen-bond donors (Lipinski definition) is 0. The van der Waals surface area contributed by atoms with Gasteiger partial charge in [-0.25, -0.2) is 9.79 Å². The Labute approximate surface area is 249 Å². The number of carbonyl (C=O) groups is 1. The third kappa shape index (κ3) is 5.45. The van der Waals surface area contributed by atoms with Crippen molar-refractivity contribution in [2.45, 2.75) is 33.0 Å². The SMILES string of the molecule is CCOC(=O)C1=C(C(F)(F)F)N=c2s/c(=C\c3cc(C)n(-c4ccc(Br)cc4)c3C)c(=O)n2[C@@H]1c1ccc(Cl)cc1. The maximum Gasteiger partial charge on any atom is 0.434 e. The van der Waals surface area contributed by atoms with Gasteiger partial charge in [-0.3, -0.25) is 9.36 Å². The number of aromatic nitrogens is 2. The number of rotatable bonds is 5. The van der Waals surface area contributed by atoms with E-state index in [4.69, 9.17) is 16.3 Å². The highest BCUT2D eigenvalue weighted by atomic mass is 79.9. The molecule has 0 unspecified atom stereocenters. The van der Waals surface area contributed by atoms with Gasteiger partial charge in [0.15, 0.2) is 10.5 Å². The summed E-state index contributed by atoms with van der Waals surface area (Å²) < 4.78 is 52.2. The molecule has 1 aliphatic heterocycles. The zero-order chi connectivity index (χ0) is 29.6. The van der Waals surface area contributed by atoms with Gasteiger partial charge in [0, 0.05) is 26.6 Å². The van der Waals surface area contributed by atoms with Crippen LogP contribution >= 0.6 is 38.9 Å². The van der Waals surface area contributed by atoms with Gasteiger partial charge < -0.3 is 9.30 Å². The summed E-state index contributed by atoms with van der Waals surface area (Å²) in [6, 6.07) is 14.1. The van der Waals surface area contributed by atoms with E-state index in [0.717, 1.165) is 43.0 Å². The molecule has 5 rings (SSSR count). The van der Waals surface area contributed by atoms with Gasteiger partial charge in [-0.05, 0) is 80.4 Å². The summed E-state index contributed by atoms with van der Waals surface area (Å²) in [5.41, 5.74) is 0.923. The molecular formula is C29H22BrClF3N3O3S. The number of allylic oxidation sites excluding steroid dienone is 1. The Morgan fingerprint density at radius 2 is 1.80 bits per heavy atom. The monoisotopic (exact) mass is 663 g/mol. The fourth-order valence-corrected chi connectivity index (χ4v) is 6.25. The standard InChI is InChI=1S/C29H22BrClF3N3O3S/c1-4-40-27(39)23-24(17-5-9-20(31)10-6-17)37-26(38)22(41-28(37)35-25(23)29(32,33)34)14-18-13-15(2)36(16(18)3)21-11-7-19(30)8-12-21/h5-14,24H,4H2,1-3H3/b22-14-/t24-/m1/s1. The number of esters is 1. The molecule has 6 nitrogen and oxygen atoms in total. The maximum absolute atomic E-state index is 14.3. The van der Waals surface area contributed by atoms with Gasteiger partial charge in [0.25, 0.3) is 5.56 Å². The van der Waals surface area contributed by atoms with E-state index in [1.54, 1.807) is 6.08 Å². The van der Waals surface area contributed by atoms with Crippen molar-refractivity contribution in [1.29, 1.82) is 0 Å². The average molecular weight is 665 g/mol. The van der Waals surface area contributed by atoms with Gasteiger partial charge >= 0.3 is 12.1 Å². The Bertz CT molecular complexity index is 1870. The number of ether oxygens (including phenoxy) is 1. The van der Waals surface area contributed by atoms with E-state index >= 15 is 0 Å². The van der Waals surface area contributed by atoms with Gasteiger partial charge in [0.1, 0.15) is 0 Å². The fraction of sp³-hybridized carbons (Fsp3) is 0.207. The zero-order valence-electron chi connectivity index (χ0n) is 21.9. The number of benzene rings is 2. The lowest BCUT2D eigenvalue weighted by molar-refractivity contribution is -0.140. The molecule has 41 heavy (non-hydrogen) atoms. The number of fused-ring (bicyclic) bond motifs is 1. The van der Waals surface area contributed by atoms with E-state index in [-0.39, 0.29) is 21.5 Å². The van der Waals surface area contributed by atoms with Crippen LogP contribution in [0.3, 0.4) is 0 Å². The van der Waals surface area contributed by atoms with Crippen LogP contribution in [0.25, 0.3) is 11.8 Å². The highest BCUT2D eigenvalue weighted by Crippen LogP contribution is 2.38. The lowest BCUT2D eigenvalue weighted by Crippen LogP contribution is -2.41. The molecule has 1 atom stereocenters. The van der Waals surface area contributed by atoms with Crippen molar-refractivity contribution < 1.29 is 22.7 Å². The van der Waals surface area contributed by atoms with Gasteiger partial charge in [-0.2, -0.15) is 13.2 Å². The molecule has 0 radical (unpaired) electrons. The Morgan fingerprint density at radius 1 is 1.15 bits per heavy atom. The minimum Gasteiger partial charge on any atom is -0.463 e. The smallest absolute Gasteiger partial charge is 0.434 e. The first-order chi connectivity index (χ1) is 19.4. The quantitative estimate of drug-likeness (QED) is 0.240. The van der Waals surface area contributed by atoms with Crippen LogP contribution in [0.2, 0.25) is 5.02 Å². The summed E-state index contributed by atoms with van der Waals surface area (Å²) in [6.45, 7) is 5.16. The van der Waals surface area contributed by atoms with Crippen molar-refractivity contribution in [3.05, 3.63) is 118 Å². The minimum absolute atomic E-state index is 0.154. The molecule has 2 aromatic carbocycles. The van der Waals surface area contributed by atoms with Crippen LogP contribution < -0.4 is 14.9 Å². The van der Waals surface area contributed by atoms with E-state index < -0.39 is 35.0 Å². The molecule has 0 saturated heterocycles. The number of alkyl halides is 3. The molecular weight excluding hydrogens is 643 g/mol. The lowest BCUT2D eigenvalue weighted by atomic mass is 9.95. The summed E-state index contributed by atoms with van der Waals surface area (Å²) in [6.07, 6.45) is -3.33. The fourth-order valence-electron chi connectivity index (χ4n) is 4.86. The third-order valence-electron chi connectivity index (χ3n) is 6.62. The van der Waals surface area contributed by atoms with Crippen molar-refractivity contribution in [3.63, 3.8) is 0 Å². The number of hydrogen-bond acceptors (Lipinski definition) is 5. The number of halogens is 5. The third-order valence-corrected chi connectivity index (χ3v) is 8.39. The van der Waals surface area contributed by atoms with E-state index in [9.17, 15) is 22.8 Å². The number of nitrogens with zero attached hydrogens (tertiary/aromatic N) is 3. The number of thiazole rings is 1. The predicted molar refractivity (Wildman–Crippen MR) is 155 cm³/mol. The molecule has 1 aliphatic rings. The Kier molecular flexibility index (Phi) is 7.88. The first-order valence-corrected chi connectivity index (χ1v) is 14.4. The normalized spacial score (nSPS) is 15.6. The summed E-state index contributed by atoms with van der Waals surface area (Å²) >= 11 is 10.3. The van der Waals surface area contributed by atoms with Crippen molar-refractivity contribution >= 4 is 50.9 Å². The van der Waals surface area contributed by atoms with Crippen molar-refractivity contribution in [2.75, 3.05) is 6.61 Å². The van der Waals surface area contributed by atoms with Gasteiger partial charge in [0.05, 0.1) is 22.8 Å². The molecule has 0 spiro atoms. The Hall–Kier alpha value is -3.41. The van der Waals surface area contributed by atoms with Crippen molar-refractivity contribution in [1.82, 2.24) is 9.13 Å². The second kappa shape index (κ2) is 11.1. The van der Waals surface area contributed by atoms with Crippen LogP contribution in [-0.2, 0) is 9.53 Å². The highest BCUT2D eigenvalue weighted by molar-refractivity contribution is 9.10. The Morgan fingerprint density at radius 3 is 2.41 bits per heavy atom. The summed E-state index contributed by atoms with van der Waals surface area (Å²) in [4.78, 5) is 30.4. The first kappa shape index (κ1) is 29.1. The first-order valence-electron chi connectivity index (χ1n) is 12.4. The van der Waals surface area contributed by atoms with E-state index in [2.05, 4.69) is 20.9 Å². The van der Waals surface area contributed by atoms with Crippen molar-refractivity contribution in [2.24, 2.45) is 4.99 Å². The molecule has 0 fully saturated rings. The van der Waals surface area contributed by atoms with E-state index in [1.807, 2.05) is 48.7 Å². The minimum atomic E-state index is -4.97. The summed E-state index contributed by atoms with van der Waals surface area (Å²) in [7, 11) is 0. The molecule has 2 aromatic heterocycles. The largest absolute Gasteiger partial charge is 0.463 e. The highest BCUT2D eigenvalue weighted by Gasteiger charge is 2.45. The van der Waals surface area contributed by atoms with Gasteiger partial charge in [0.2, 0.25) is 0 Å². The van der Waals surface area contributed by atoms with Crippen LogP contribution in [0.5, 0.6) is 0 Å². The second-order valence-electron chi connectivity index (χ2n) is 9.25. The van der Waals surface area contributed by atoms with Crippen LogP contribution in [0.15, 0.2) is 80.1 Å². The van der Waals surface area contributed by atoms with Crippen LogP contribution in [-0.4, -0.2) is 27.9 Å². The second-order valence-corrected chi connectivity index (χ2v) is 11.6. The average Bonchev–Trinajstić information content (AvgIpc) is 3.38. The molecule has 0 saturated carbocycles. The molecule has 3 heterocycles. The van der Waals surface area contributed by atoms with Crippen LogP contribution in [0.4, 0.5) is 13.2 Å². The van der Waals surface area contributed by atoms with Crippen LogP contribution in [0.1, 0.15) is 35.5 Å². The summed E-state index contributed by atoms with van der Waals surface area (Å²) in [5.74, 6) is -1.20. The topological polar surface area (TPSA) is 65.6 Å². The molecule has 0 bridgehead atoms. The zero-order valence-corrected chi connectivity index (χ0v) is 25.1. The molecule has 212 valence electrons. The number of carbonyl (C=O) groups excluding carboxylic acids is 1. The maximum atomic E-state index is 14.3.